The van der Waals surface area contributed by atoms with Crippen molar-refractivity contribution in [1.82, 2.24) is 24.8 Å². The summed E-state index contributed by atoms with van der Waals surface area (Å²) in [5.74, 6) is -0.267. The molecule has 0 bridgehead atoms. The standard InChI is InChI=1S/C17H19N5O2S/c23-16-17(24)22(13-3-1-2-4-13)6-5-21(16)10-15-19-7-12(8-20-15)14-9-18-11-25-14/h7-9,11,13H,1-6,10H2. The van der Waals surface area contributed by atoms with Crippen LogP contribution in [-0.4, -0.2) is 55.7 Å². The molecule has 1 saturated heterocycles. The van der Waals surface area contributed by atoms with Gasteiger partial charge in [0.2, 0.25) is 0 Å². The van der Waals surface area contributed by atoms with Gasteiger partial charge in [-0.25, -0.2) is 9.97 Å². The number of hydrogen-bond donors (Lipinski definition) is 0. The van der Waals surface area contributed by atoms with Crippen molar-refractivity contribution >= 4 is 23.2 Å². The minimum atomic E-state index is -0.437. The number of nitrogens with zero attached hydrogens (tertiary/aromatic N) is 5. The van der Waals surface area contributed by atoms with Gasteiger partial charge in [0.15, 0.2) is 0 Å². The molecule has 0 N–H and O–H groups in total. The molecular weight excluding hydrogens is 338 g/mol. The van der Waals surface area contributed by atoms with E-state index in [2.05, 4.69) is 15.0 Å². The van der Waals surface area contributed by atoms with Gasteiger partial charge in [-0.1, -0.05) is 12.8 Å². The lowest BCUT2D eigenvalue weighted by atomic mass is 10.1. The van der Waals surface area contributed by atoms with Gasteiger partial charge >= 0.3 is 11.8 Å². The number of aromatic nitrogens is 3. The van der Waals surface area contributed by atoms with Crippen LogP contribution >= 0.6 is 11.3 Å². The molecule has 0 aromatic carbocycles. The lowest BCUT2D eigenvalue weighted by Gasteiger charge is -2.36. The van der Waals surface area contributed by atoms with E-state index in [1.54, 1.807) is 33.9 Å². The van der Waals surface area contributed by atoms with Gasteiger partial charge in [-0.15, -0.1) is 11.3 Å². The topological polar surface area (TPSA) is 79.3 Å². The van der Waals surface area contributed by atoms with Crippen LogP contribution < -0.4 is 0 Å². The van der Waals surface area contributed by atoms with Crippen molar-refractivity contribution in [2.45, 2.75) is 38.3 Å². The van der Waals surface area contributed by atoms with Gasteiger partial charge < -0.3 is 9.80 Å². The molecule has 25 heavy (non-hydrogen) atoms. The Morgan fingerprint density at radius 3 is 2.48 bits per heavy atom. The number of thiazole rings is 1. The highest BCUT2D eigenvalue weighted by atomic mass is 32.1. The molecular formula is C17H19N5O2S. The van der Waals surface area contributed by atoms with Crippen LogP contribution in [0.4, 0.5) is 0 Å². The van der Waals surface area contributed by atoms with Gasteiger partial charge in [0.25, 0.3) is 0 Å². The fraction of sp³-hybridized carbons (Fsp3) is 0.471. The fourth-order valence-electron chi connectivity index (χ4n) is 3.50. The molecule has 130 valence electrons. The van der Waals surface area contributed by atoms with E-state index in [1.807, 2.05) is 0 Å². The Labute approximate surface area is 149 Å². The molecule has 0 unspecified atom stereocenters. The third-order valence-corrected chi connectivity index (χ3v) is 5.68. The van der Waals surface area contributed by atoms with Crippen LogP contribution in [-0.2, 0) is 16.1 Å². The van der Waals surface area contributed by atoms with Gasteiger partial charge in [-0.2, -0.15) is 0 Å². The van der Waals surface area contributed by atoms with Crippen molar-refractivity contribution in [3.05, 3.63) is 29.9 Å². The molecule has 7 nitrogen and oxygen atoms in total. The average molecular weight is 357 g/mol. The molecule has 1 aliphatic heterocycles. The Morgan fingerprint density at radius 1 is 1.04 bits per heavy atom. The second-order valence-corrected chi connectivity index (χ2v) is 7.30. The molecule has 4 rings (SSSR count). The zero-order chi connectivity index (χ0) is 17.2. The van der Waals surface area contributed by atoms with E-state index >= 15 is 0 Å². The quantitative estimate of drug-likeness (QED) is 0.779. The first-order valence-corrected chi connectivity index (χ1v) is 9.40. The molecule has 2 aliphatic rings. The number of amides is 2. The molecule has 2 amide bonds. The van der Waals surface area contributed by atoms with Crippen LogP contribution in [0.5, 0.6) is 0 Å². The van der Waals surface area contributed by atoms with E-state index in [0.717, 1.165) is 36.1 Å². The second kappa shape index (κ2) is 6.87. The largest absolute Gasteiger partial charge is 0.330 e. The summed E-state index contributed by atoms with van der Waals surface area (Å²) in [6, 6.07) is 0.244. The van der Waals surface area contributed by atoms with E-state index in [0.29, 0.717) is 18.9 Å². The van der Waals surface area contributed by atoms with E-state index < -0.39 is 5.91 Å². The first kappa shape index (κ1) is 16.1. The van der Waals surface area contributed by atoms with E-state index in [4.69, 9.17) is 0 Å². The van der Waals surface area contributed by atoms with Crippen LogP contribution in [0.15, 0.2) is 24.1 Å². The minimum absolute atomic E-state index is 0.244. The first-order valence-electron chi connectivity index (χ1n) is 8.52. The molecule has 0 spiro atoms. The van der Waals surface area contributed by atoms with Crippen molar-refractivity contribution in [3.63, 3.8) is 0 Å². The van der Waals surface area contributed by atoms with E-state index in [9.17, 15) is 9.59 Å². The maximum atomic E-state index is 12.4. The SMILES string of the molecule is O=C1C(=O)N(C2CCCC2)CCN1Cc1ncc(-c2cncs2)cn1. The van der Waals surface area contributed by atoms with Crippen LogP contribution in [0, 0.1) is 0 Å². The maximum Gasteiger partial charge on any atom is 0.312 e. The summed E-state index contributed by atoms with van der Waals surface area (Å²) in [6.07, 6.45) is 9.56. The molecule has 3 heterocycles. The summed E-state index contributed by atoms with van der Waals surface area (Å²) in [7, 11) is 0. The Balaban J connectivity index is 1.41. The van der Waals surface area contributed by atoms with Gasteiger partial charge in [0.1, 0.15) is 5.82 Å². The molecule has 0 atom stereocenters. The number of rotatable bonds is 4. The van der Waals surface area contributed by atoms with Gasteiger partial charge in [-0.3, -0.25) is 14.6 Å². The summed E-state index contributed by atoms with van der Waals surface area (Å²) in [4.78, 5) is 41.9. The fourth-order valence-corrected chi connectivity index (χ4v) is 4.10. The Bertz CT molecular complexity index is 756. The third-order valence-electron chi connectivity index (χ3n) is 4.86. The zero-order valence-corrected chi connectivity index (χ0v) is 14.6. The Hall–Kier alpha value is -2.35. The molecule has 1 saturated carbocycles. The monoisotopic (exact) mass is 357 g/mol. The van der Waals surface area contributed by atoms with Crippen LogP contribution in [0.3, 0.4) is 0 Å². The van der Waals surface area contributed by atoms with Crippen LogP contribution in [0.1, 0.15) is 31.5 Å². The number of hydrogen-bond acceptors (Lipinski definition) is 6. The molecule has 1 aliphatic carbocycles. The predicted octanol–water partition coefficient (Wildman–Crippen LogP) is 1.71. The highest BCUT2D eigenvalue weighted by molar-refractivity contribution is 7.13. The predicted molar refractivity (Wildman–Crippen MR) is 92.5 cm³/mol. The maximum absolute atomic E-state index is 12.4. The molecule has 2 fully saturated rings. The minimum Gasteiger partial charge on any atom is -0.330 e. The zero-order valence-electron chi connectivity index (χ0n) is 13.8. The molecule has 2 aromatic rings. The molecule has 2 aromatic heterocycles. The third kappa shape index (κ3) is 3.26. The number of piperazine rings is 1. The van der Waals surface area contributed by atoms with Crippen molar-refractivity contribution in [2.24, 2.45) is 0 Å². The van der Waals surface area contributed by atoms with Crippen molar-refractivity contribution in [3.8, 4) is 10.4 Å². The van der Waals surface area contributed by atoms with E-state index in [-0.39, 0.29) is 18.5 Å². The second-order valence-electron chi connectivity index (χ2n) is 6.42. The molecule has 8 heteroatoms. The highest BCUT2D eigenvalue weighted by Crippen LogP contribution is 2.25. The van der Waals surface area contributed by atoms with Crippen molar-refractivity contribution < 1.29 is 9.59 Å². The lowest BCUT2D eigenvalue weighted by molar-refractivity contribution is -0.158. The van der Waals surface area contributed by atoms with Crippen molar-refractivity contribution in [2.75, 3.05) is 13.1 Å². The first-order chi connectivity index (χ1) is 12.2. The average Bonchev–Trinajstić information content (AvgIpc) is 3.33. The smallest absolute Gasteiger partial charge is 0.312 e. The van der Waals surface area contributed by atoms with Gasteiger partial charge in [0, 0.05) is 43.3 Å². The lowest BCUT2D eigenvalue weighted by Crippen LogP contribution is -2.56. The van der Waals surface area contributed by atoms with Gasteiger partial charge in [-0.05, 0) is 12.8 Å². The molecule has 0 radical (unpaired) electrons. The summed E-state index contributed by atoms with van der Waals surface area (Å²) in [5, 5.41) is 0. The van der Waals surface area contributed by atoms with Crippen molar-refractivity contribution in [1.29, 1.82) is 0 Å². The summed E-state index contributed by atoms with van der Waals surface area (Å²) < 4.78 is 0. The summed E-state index contributed by atoms with van der Waals surface area (Å²) in [5.41, 5.74) is 2.66. The summed E-state index contributed by atoms with van der Waals surface area (Å²) in [6.45, 7) is 1.42. The summed E-state index contributed by atoms with van der Waals surface area (Å²) >= 11 is 1.52. The normalized spacial score (nSPS) is 19.0. The highest BCUT2D eigenvalue weighted by Gasteiger charge is 2.37. The Morgan fingerprint density at radius 2 is 1.80 bits per heavy atom. The number of carbonyl (C=O) groups is 2. The van der Waals surface area contributed by atoms with Crippen LogP contribution in [0.2, 0.25) is 0 Å². The Kier molecular flexibility index (Phi) is 4.44. The van der Waals surface area contributed by atoms with Crippen LogP contribution in [0.25, 0.3) is 10.4 Å². The van der Waals surface area contributed by atoms with E-state index in [1.165, 1.54) is 11.3 Å². The van der Waals surface area contributed by atoms with Gasteiger partial charge in [0.05, 0.1) is 16.9 Å². The number of carbonyl (C=O) groups excluding carboxylic acids is 2.